The molecule has 1 heterocycles. The molecule has 3 heteroatoms. The molecule has 0 amide bonds. The second-order valence-corrected chi connectivity index (χ2v) is 3.00. The second-order valence-electron chi connectivity index (χ2n) is 3.00. The van der Waals surface area contributed by atoms with Gasteiger partial charge in [-0.05, 0) is 6.42 Å². The summed E-state index contributed by atoms with van der Waals surface area (Å²) in [7, 11) is 0. The van der Waals surface area contributed by atoms with Crippen molar-refractivity contribution in [3.8, 4) is 5.75 Å². The Morgan fingerprint density at radius 2 is 2.38 bits per heavy atom. The van der Waals surface area contributed by atoms with Crippen molar-refractivity contribution >= 4 is 0 Å². The summed E-state index contributed by atoms with van der Waals surface area (Å²) in [5.41, 5.74) is 3.11. The Morgan fingerprint density at radius 3 is 3.08 bits per heavy atom. The Hall–Kier alpha value is 0.0839. The van der Waals surface area contributed by atoms with E-state index >= 15 is 0 Å². The van der Waals surface area contributed by atoms with Gasteiger partial charge in [0, 0.05) is 45.1 Å². The van der Waals surface area contributed by atoms with Crippen LogP contribution in [-0.4, -0.2) is 11.7 Å². The van der Waals surface area contributed by atoms with Crippen molar-refractivity contribution in [2.45, 2.75) is 20.0 Å². The first-order chi connectivity index (χ1) is 5.83. The van der Waals surface area contributed by atoms with E-state index in [4.69, 9.17) is 9.84 Å². The van der Waals surface area contributed by atoms with Gasteiger partial charge in [0.25, 0.3) is 0 Å². The van der Waals surface area contributed by atoms with Crippen LogP contribution in [0.2, 0.25) is 0 Å². The molecule has 0 aromatic heterocycles. The van der Waals surface area contributed by atoms with Gasteiger partial charge in [-0.2, -0.15) is 12.1 Å². The third kappa shape index (κ3) is 1.95. The van der Waals surface area contributed by atoms with Crippen LogP contribution in [-0.2, 0) is 45.7 Å². The van der Waals surface area contributed by atoms with Crippen LogP contribution in [0.4, 0.5) is 0 Å². The zero-order valence-corrected chi connectivity index (χ0v) is 10.5. The number of hydrogen-bond donors (Lipinski definition) is 1. The van der Waals surface area contributed by atoms with Crippen molar-refractivity contribution in [1.29, 1.82) is 0 Å². The first-order valence-corrected chi connectivity index (χ1v) is 4.09. The van der Waals surface area contributed by atoms with Gasteiger partial charge in [-0.3, -0.25) is 0 Å². The number of aliphatic hydroxyl groups is 1. The van der Waals surface area contributed by atoms with Crippen LogP contribution in [0, 0.1) is 13.0 Å². The van der Waals surface area contributed by atoms with Crippen molar-refractivity contribution < 1.29 is 42.6 Å². The number of aliphatic hydroxyl groups excluding tert-OH is 1. The van der Waals surface area contributed by atoms with Crippen LogP contribution >= 0.6 is 0 Å². The molecule has 1 aliphatic heterocycles. The molecule has 0 unspecified atom stereocenters. The Kier molecular flexibility index (Phi) is 3.90. The SMILES string of the molecule is Cc1c(CO)c[c-]c2c1OCC2.[Y]. The topological polar surface area (TPSA) is 29.5 Å². The molecule has 0 aliphatic carbocycles. The van der Waals surface area contributed by atoms with Crippen molar-refractivity contribution in [2.24, 2.45) is 0 Å². The average molecular weight is 252 g/mol. The van der Waals surface area contributed by atoms with Gasteiger partial charge in [-0.1, -0.05) is 6.92 Å². The van der Waals surface area contributed by atoms with E-state index in [1.807, 2.05) is 13.0 Å². The summed E-state index contributed by atoms with van der Waals surface area (Å²) in [5, 5.41) is 8.97. The molecule has 1 aromatic rings. The standard InChI is InChI=1S/C10H11O2.Y/c1-7-9(6-11)3-2-8-4-5-12-10(7)8;/h3,11H,4-6H2,1H3;/q-1;. The molecule has 2 nitrogen and oxygen atoms in total. The maximum Gasteiger partial charge on any atom is 0.0736 e. The van der Waals surface area contributed by atoms with E-state index in [1.165, 1.54) is 0 Å². The predicted octanol–water partition coefficient (Wildman–Crippen LogP) is 1.22. The molecular formula is C10H11O2Y-. The van der Waals surface area contributed by atoms with Gasteiger partial charge >= 0.3 is 0 Å². The van der Waals surface area contributed by atoms with Crippen LogP contribution < -0.4 is 4.74 Å². The Morgan fingerprint density at radius 1 is 1.62 bits per heavy atom. The summed E-state index contributed by atoms with van der Waals surface area (Å²) in [6.45, 7) is 2.80. The Bertz CT molecular complexity index is 310. The van der Waals surface area contributed by atoms with E-state index in [0.717, 1.165) is 35.5 Å². The smallest absolute Gasteiger partial charge is 0.0736 e. The molecule has 0 bridgehead atoms. The van der Waals surface area contributed by atoms with Crippen LogP contribution in [0.1, 0.15) is 16.7 Å². The number of rotatable bonds is 1. The first kappa shape index (κ1) is 11.2. The minimum Gasteiger partial charge on any atom is -0.550 e. The normalized spacial score (nSPS) is 13.1. The molecule has 1 aromatic carbocycles. The summed E-state index contributed by atoms with van der Waals surface area (Å²) >= 11 is 0. The molecule has 1 aliphatic rings. The van der Waals surface area contributed by atoms with E-state index in [-0.39, 0.29) is 39.3 Å². The van der Waals surface area contributed by atoms with Crippen molar-refractivity contribution in [1.82, 2.24) is 0 Å². The summed E-state index contributed by atoms with van der Waals surface area (Å²) in [6.07, 6.45) is 0.946. The molecule has 0 atom stereocenters. The van der Waals surface area contributed by atoms with Crippen molar-refractivity contribution in [3.63, 3.8) is 0 Å². The van der Waals surface area contributed by atoms with E-state index in [2.05, 4.69) is 6.07 Å². The van der Waals surface area contributed by atoms with Crippen LogP contribution in [0.15, 0.2) is 6.07 Å². The van der Waals surface area contributed by atoms with Gasteiger partial charge in [-0.15, -0.1) is 16.7 Å². The van der Waals surface area contributed by atoms with E-state index in [9.17, 15) is 0 Å². The Balaban J connectivity index is 0.000000845. The fourth-order valence-electron chi connectivity index (χ4n) is 1.52. The zero-order chi connectivity index (χ0) is 8.55. The first-order valence-electron chi connectivity index (χ1n) is 4.09. The van der Waals surface area contributed by atoms with Gasteiger partial charge in [0.15, 0.2) is 0 Å². The van der Waals surface area contributed by atoms with Gasteiger partial charge in [-0.25, -0.2) is 0 Å². The fourth-order valence-corrected chi connectivity index (χ4v) is 1.52. The Labute approximate surface area is 103 Å². The van der Waals surface area contributed by atoms with Gasteiger partial charge in [0.05, 0.1) is 6.61 Å². The van der Waals surface area contributed by atoms with Crippen molar-refractivity contribution in [3.05, 3.63) is 28.8 Å². The summed E-state index contributed by atoms with van der Waals surface area (Å²) in [4.78, 5) is 0. The quantitative estimate of drug-likeness (QED) is 0.761. The minimum atomic E-state index is 0. The number of fused-ring (bicyclic) bond motifs is 1. The van der Waals surface area contributed by atoms with Crippen molar-refractivity contribution in [2.75, 3.05) is 6.61 Å². The maximum atomic E-state index is 8.97. The summed E-state index contributed by atoms with van der Waals surface area (Å²) in [6, 6.07) is 4.97. The number of hydrogen-bond acceptors (Lipinski definition) is 2. The van der Waals surface area contributed by atoms with Crippen LogP contribution in [0.3, 0.4) is 0 Å². The third-order valence-electron chi connectivity index (χ3n) is 2.29. The molecular weight excluding hydrogens is 241 g/mol. The third-order valence-corrected chi connectivity index (χ3v) is 2.29. The van der Waals surface area contributed by atoms with Gasteiger partial charge < -0.3 is 9.84 Å². The summed E-state index contributed by atoms with van der Waals surface area (Å²) in [5.74, 6) is 0.932. The number of benzene rings is 1. The minimum absolute atomic E-state index is 0. The average Bonchev–Trinajstić information content (AvgIpc) is 2.53. The molecule has 0 fully saturated rings. The molecule has 2 rings (SSSR count). The monoisotopic (exact) mass is 252 g/mol. The molecule has 0 saturated heterocycles. The van der Waals surface area contributed by atoms with Gasteiger partial charge in [0.2, 0.25) is 0 Å². The zero-order valence-electron chi connectivity index (χ0n) is 7.63. The van der Waals surface area contributed by atoms with E-state index < -0.39 is 0 Å². The van der Waals surface area contributed by atoms with E-state index in [0.29, 0.717) is 0 Å². The van der Waals surface area contributed by atoms with Crippen LogP contribution in [0.25, 0.3) is 0 Å². The molecule has 1 N–H and O–H groups in total. The molecule has 13 heavy (non-hydrogen) atoms. The molecule has 67 valence electrons. The summed E-state index contributed by atoms with van der Waals surface area (Å²) < 4.78 is 5.43. The van der Waals surface area contributed by atoms with Crippen LogP contribution in [0.5, 0.6) is 5.75 Å². The predicted molar refractivity (Wildman–Crippen MR) is 45.1 cm³/mol. The second kappa shape index (κ2) is 4.54. The number of ether oxygens (including phenoxy) is 1. The fraction of sp³-hybridized carbons (Fsp3) is 0.400. The van der Waals surface area contributed by atoms with Gasteiger partial charge in [0.1, 0.15) is 0 Å². The molecule has 0 saturated carbocycles. The van der Waals surface area contributed by atoms with E-state index in [1.54, 1.807) is 0 Å². The largest absolute Gasteiger partial charge is 0.550 e. The molecule has 1 radical (unpaired) electrons. The molecule has 0 spiro atoms. The maximum absolute atomic E-state index is 8.97.